The van der Waals surface area contributed by atoms with Crippen LogP contribution in [0.2, 0.25) is 0 Å². The fourth-order valence-electron chi connectivity index (χ4n) is 5.61. The van der Waals surface area contributed by atoms with Gasteiger partial charge < -0.3 is 10.5 Å². The minimum Gasteiger partial charge on any atom is -0.493 e. The van der Waals surface area contributed by atoms with Gasteiger partial charge in [0.25, 0.3) is 0 Å². The molecule has 2 unspecified atom stereocenters. The summed E-state index contributed by atoms with van der Waals surface area (Å²) in [6.07, 6.45) is 2.40. The van der Waals surface area contributed by atoms with Crippen molar-refractivity contribution < 1.29 is 9.57 Å². The summed E-state index contributed by atoms with van der Waals surface area (Å²) in [5.41, 5.74) is 11.1. The minimum atomic E-state index is -0.921. The van der Waals surface area contributed by atoms with Gasteiger partial charge in [-0.2, -0.15) is 0 Å². The number of hydrogen-bond donors (Lipinski definition) is 1. The van der Waals surface area contributed by atoms with Crippen molar-refractivity contribution in [3.05, 3.63) is 94.8 Å². The van der Waals surface area contributed by atoms with Gasteiger partial charge in [-0.1, -0.05) is 48.5 Å². The highest BCUT2D eigenvalue weighted by atomic mass is 16.7. The minimum absolute atomic E-state index is 0.325. The highest BCUT2D eigenvalue weighted by Gasteiger charge is 2.63. The van der Waals surface area contributed by atoms with Crippen LogP contribution in [-0.4, -0.2) is 24.7 Å². The fourth-order valence-corrected chi connectivity index (χ4v) is 5.61. The summed E-state index contributed by atoms with van der Waals surface area (Å²) in [6.45, 7) is 7.96. The van der Waals surface area contributed by atoms with Crippen molar-refractivity contribution in [1.29, 1.82) is 0 Å². The summed E-state index contributed by atoms with van der Waals surface area (Å²) in [6, 6.07) is 22.4. The van der Waals surface area contributed by atoms with Crippen molar-refractivity contribution in [1.82, 2.24) is 5.06 Å². The number of rotatable bonds is 1. The molecule has 0 fully saturated rings. The van der Waals surface area contributed by atoms with E-state index < -0.39 is 5.72 Å². The second kappa shape index (κ2) is 7.09. The lowest BCUT2D eigenvalue weighted by Crippen LogP contribution is -2.45. The van der Waals surface area contributed by atoms with E-state index in [0.29, 0.717) is 18.3 Å². The Morgan fingerprint density at radius 3 is 2.64 bits per heavy atom. The first-order chi connectivity index (χ1) is 16.0. The molecule has 164 valence electrons. The summed E-state index contributed by atoms with van der Waals surface area (Å²) in [5.74, 6) is 1.31. The van der Waals surface area contributed by atoms with Crippen LogP contribution in [-0.2, 0) is 23.4 Å². The van der Waals surface area contributed by atoms with Crippen LogP contribution in [0, 0.1) is 12.0 Å². The van der Waals surface area contributed by atoms with Crippen LogP contribution in [0.5, 0.6) is 5.75 Å². The molecule has 0 bridgehead atoms. The Hall–Kier alpha value is -3.82. The molecular weight excluding hydrogens is 412 g/mol. The van der Waals surface area contributed by atoms with E-state index in [1.807, 2.05) is 43.4 Å². The third-order valence-electron chi connectivity index (χ3n) is 7.23. The molecule has 2 atom stereocenters. The second-order valence-corrected chi connectivity index (χ2v) is 9.08. The van der Waals surface area contributed by atoms with Gasteiger partial charge in [-0.25, -0.2) is 19.7 Å². The molecule has 2 heterocycles. The normalized spacial score (nSPS) is 25.2. The predicted molar refractivity (Wildman–Crippen MR) is 127 cm³/mol. The lowest BCUT2D eigenvalue weighted by molar-refractivity contribution is -0.223. The number of fused-ring (bicyclic) bond motifs is 4. The van der Waals surface area contributed by atoms with E-state index in [4.69, 9.17) is 26.9 Å². The molecule has 3 aliphatic rings. The highest BCUT2D eigenvalue weighted by Crippen LogP contribution is 2.60. The van der Waals surface area contributed by atoms with Crippen LogP contribution in [0.15, 0.2) is 71.7 Å². The number of para-hydroxylation sites is 1. The number of ether oxygens (including phenoxy) is 1. The molecule has 3 aromatic rings. The molecule has 0 amide bonds. The van der Waals surface area contributed by atoms with Gasteiger partial charge >= 0.3 is 0 Å². The molecule has 6 rings (SSSR count). The number of hydrogen-bond acceptors (Lipinski definition) is 5. The Kier molecular flexibility index (Phi) is 4.26. The van der Waals surface area contributed by atoms with Crippen molar-refractivity contribution in [2.24, 2.45) is 16.1 Å². The number of aliphatic imine (C=N–C) groups is 1. The standard InChI is InChI=1S/C27H24N4O2/c1-29-22-8-5-7-18(14-22)19-10-11-20-16-26(12-13-32-24-9-4-3-6-21(24)17-26)27(23(20)15-19)30-25(28)31(2)33-27/h3-11,14-15H,12-13,16-17H2,2H3,(H2,28,30). The monoisotopic (exact) mass is 436 g/mol. The van der Waals surface area contributed by atoms with Gasteiger partial charge in [-0.05, 0) is 59.7 Å². The zero-order chi connectivity index (χ0) is 22.6. The summed E-state index contributed by atoms with van der Waals surface area (Å²) >= 11 is 0. The van der Waals surface area contributed by atoms with E-state index in [1.165, 1.54) is 11.1 Å². The predicted octanol–water partition coefficient (Wildman–Crippen LogP) is 4.82. The largest absolute Gasteiger partial charge is 0.493 e. The van der Waals surface area contributed by atoms with Crippen molar-refractivity contribution >= 4 is 11.6 Å². The molecule has 2 aliphatic heterocycles. The van der Waals surface area contributed by atoms with Crippen molar-refractivity contribution in [2.45, 2.75) is 25.0 Å². The average Bonchev–Trinajstić information content (AvgIpc) is 3.18. The Morgan fingerprint density at radius 1 is 1.00 bits per heavy atom. The average molecular weight is 437 g/mol. The van der Waals surface area contributed by atoms with E-state index in [2.05, 4.69) is 35.2 Å². The van der Waals surface area contributed by atoms with Gasteiger partial charge in [0.15, 0.2) is 5.69 Å². The van der Waals surface area contributed by atoms with Gasteiger partial charge in [0.2, 0.25) is 11.7 Å². The molecule has 2 N–H and O–H groups in total. The van der Waals surface area contributed by atoms with Gasteiger partial charge in [0, 0.05) is 18.0 Å². The summed E-state index contributed by atoms with van der Waals surface area (Å²) < 4.78 is 6.13. The number of nitrogens with two attached hydrogens (primary N) is 1. The first kappa shape index (κ1) is 19.8. The second-order valence-electron chi connectivity index (χ2n) is 9.08. The van der Waals surface area contributed by atoms with Crippen LogP contribution in [0.3, 0.4) is 0 Å². The van der Waals surface area contributed by atoms with Gasteiger partial charge in [-0.15, -0.1) is 0 Å². The van der Waals surface area contributed by atoms with Gasteiger partial charge in [-0.3, -0.25) is 0 Å². The van der Waals surface area contributed by atoms with Crippen molar-refractivity contribution in [3.8, 4) is 16.9 Å². The van der Waals surface area contributed by atoms with E-state index in [0.717, 1.165) is 41.7 Å². The number of hydroxylamine groups is 2. The van der Waals surface area contributed by atoms with Crippen LogP contribution in [0.25, 0.3) is 16.0 Å². The first-order valence-electron chi connectivity index (χ1n) is 11.1. The zero-order valence-electron chi connectivity index (χ0n) is 18.4. The fraction of sp³-hybridized carbons (Fsp3) is 0.259. The Morgan fingerprint density at radius 2 is 1.82 bits per heavy atom. The molecule has 2 spiro atoms. The molecule has 1 aliphatic carbocycles. The quantitative estimate of drug-likeness (QED) is 0.556. The van der Waals surface area contributed by atoms with Crippen LogP contribution in [0.1, 0.15) is 23.1 Å². The maximum absolute atomic E-state index is 7.37. The van der Waals surface area contributed by atoms with E-state index >= 15 is 0 Å². The van der Waals surface area contributed by atoms with E-state index in [9.17, 15) is 0 Å². The smallest absolute Gasteiger partial charge is 0.221 e. The third kappa shape index (κ3) is 2.86. The molecule has 3 aromatic carbocycles. The Balaban J connectivity index is 1.53. The van der Waals surface area contributed by atoms with Crippen LogP contribution < -0.4 is 10.5 Å². The van der Waals surface area contributed by atoms with E-state index in [-0.39, 0.29) is 5.41 Å². The highest BCUT2D eigenvalue weighted by molar-refractivity contribution is 5.79. The lowest BCUT2D eigenvalue weighted by atomic mass is 9.71. The third-order valence-corrected chi connectivity index (χ3v) is 7.23. The van der Waals surface area contributed by atoms with Gasteiger partial charge in [0.05, 0.1) is 13.2 Å². The SMILES string of the molecule is [C-]#[N+]c1cccc(-c2ccc3c(c2)C2(N=C(N)N(C)O2)C2(CCOc4ccccc4C2)C3)c1. The van der Waals surface area contributed by atoms with Crippen molar-refractivity contribution in [2.75, 3.05) is 13.7 Å². The molecule has 0 saturated carbocycles. The van der Waals surface area contributed by atoms with E-state index in [1.54, 1.807) is 5.06 Å². The number of guanidine groups is 1. The molecule has 0 saturated heterocycles. The van der Waals surface area contributed by atoms with Crippen LogP contribution >= 0.6 is 0 Å². The molecule has 0 radical (unpaired) electrons. The summed E-state index contributed by atoms with van der Waals surface area (Å²) in [7, 11) is 1.81. The zero-order valence-corrected chi connectivity index (χ0v) is 18.4. The molecule has 0 aromatic heterocycles. The molecule has 33 heavy (non-hydrogen) atoms. The molecule has 6 heteroatoms. The summed E-state index contributed by atoms with van der Waals surface area (Å²) in [4.78, 5) is 15.1. The topological polar surface area (TPSA) is 64.4 Å². The molecular formula is C27H24N4O2. The van der Waals surface area contributed by atoms with Crippen LogP contribution in [0.4, 0.5) is 5.69 Å². The number of benzene rings is 3. The lowest BCUT2D eigenvalue weighted by Gasteiger charge is -2.40. The Labute approximate surface area is 193 Å². The maximum Gasteiger partial charge on any atom is 0.221 e. The maximum atomic E-state index is 7.37. The summed E-state index contributed by atoms with van der Waals surface area (Å²) in [5, 5.41) is 1.58. The Bertz CT molecular complexity index is 1340. The number of nitrogens with zero attached hydrogens (tertiary/aromatic N) is 3. The van der Waals surface area contributed by atoms with Crippen molar-refractivity contribution in [3.63, 3.8) is 0 Å². The first-order valence-corrected chi connectivity index (χ1v) is 11.1. The van der Waals surface area contributed by atoms with Gasteiger partial charge in [0.1, 0.15) is 5.75 Å². The molecule has 6 nitrogen and oxygen atoms in total.